The van der Waals surface area contributed by atoms with E-state index in [1.807, 2.05) is 12.1 Å². The Bertz CT molecular complexity index is 574. The molecule has 0 radical (unpaired) electrons. The van der Waals surface area contributed by atoms with Gasteiger partial charge in [0.15, 0.2) is 0 Å². The molecule has 1 aliphatic rings. The van der Waals surface area contributed by atoms with Gasteiger partial charge < -0.3 is 9.30 Å². The van der Waals surface area contributed by atoms with Crippen LogP contribution in [0.1, 0.15) is 31.6 Å². The van der Waals surface area contributed by atoms with Gasteiger partial charge in [-0.25, -0.2) is 4.98 Å². The predicted octanol–water partition coefficient (Wildman–Crippen LogP) is 3.75. The molecule has 1 aromatic heterocycles. The lowest BCUT2D eigenvalue weighted by Crippen LogP contribution is -2.10. The number of rotatable bonds is 4. The van der Waals surface area contributed by atoms with Crippen LogP contribution in [0.15, 0.2) is 18.2 Å². The highest BCUT2D eigenvalue weighted by molar-refractivity contribution is 6.16. The van der Waals surface area contributed by atoms with Crippen LogP contribution in [-0.4, -0.2) is 16.7 Å². The highest BCUT2D eigenvalue weighted by atomic mass is 35.5. The monoisotopic (exact) mass is 264 g/mol. The van der Waals surface area contributed by atoms with Crippen molar-refractivity contribution in [1.29, 1.82) is 0 Å². The molecular weight excluding hydrogens is 248 g/mol. The number of methoxy groups -OCH3 is 1. The second-order valence-corrected chi connectivity index (χ2v) is 5.20. The SMILES string of the molecule is COc1cccc2c1nc(CCl)n2C(C)C1CC1. The smallest absolute Gasteiger partial charge is 0.146 e. The molecular formula is C14H17ClN2O. The molecule has 1 aliphatic carbocycles. The fraction of sp³-hybridized carbons (Fsp3) is 0.500. The number of halogens is 1. The van der Waals surface area contributed by atoms with Gasteiger partial charge in [0.1, 0.15) is 17.1 Å². The van der Waals surface area contributed by atoms with Crippen LogP contribution in [0.4, 0.5) is 0 Å². The minimum absolute atomic E-state index is 0.439. The molecule has 1 aromatic carbocycles. The Balaban J connectivity index is 2.21. The van der Waals surface area contributed by atoms with Crippen molar-refractivity contribution < 1.29 is 4.74 Å². The van der Waals surface area contributed by atoms with Gasteiger partial charge in [-0.2, -0.15) is 0 Å². The van der Waals surface area contributed by atoms with Gasteiger partial charge in [-0.15, -0.1) is 11.6 Å². The summed E-state index contributed by atoms with van der Waals surface area (Å²) in [4.78, 5) is 4.64. The molecule has 0 bridgehead atoms. The molecule has 3 nitrogen and oxygen atoms in total. The Morgan fingerprint density at radius 2 is 2.28 bits per heavy atom. The maximum atomic E-state index is 6.04. The van der Waals surface area contributed by atoms with E-state index in [9.17, 15) is 0 Å². The summed E-state index contributed by atoms with van der Waals surface area (Å²) in [6.07, 6.45) is 2.62. The van der Waals surface area contributed by atoms with Crippen LogP contribution < -0.4 is 4.74 Å². The van der Waals surface area contributed by atoms with Crippen molar-refractivity contribution in [3.05, 3.63) is 24.0 Å². The molecule has 1 unspecified atom stereocenters. The molecule has 1 fully saturated rings. The molecule has 1 saturated carbocycles. The number of aromatic nitrogens is 2. The van der Waals surface area contributed by atoms with Crippen LogP contribution in [0.2, 0.25) is 0 Å². The zero-order valence-electron chi connectivity index (χ0n) is 10.7. The highest BCUT2D eigenvalue weighted by Crippen LogP contribution is 2.42. The van der Waals surface area contributed by atoms with E-state index < -0.39 is 0 Å². The first-order chi connectivity index (χ1) is 8.76. The van der Waals surface area contributed by atoms with Crippen LogP contribution in [0.3, 0.4) is 0 Å². The maximum absolute atomic E-state index is 6.04. The summed E-state index contributed by atoms with van der Waals surface area (Å²) in [6, 6.07) is 6.52. The van der Waals surface area contributed by atoms with Crippen LogP contribution >= 0.6 is 11.6 Å². The van der Waals surface area contributed by atoms with Crippen molar-refractivity contribution in [2.24, 2.45) is 5.92 Å². The third kappa shape index (κ3) is 1.77. The molecule has 18 heavy (non-hydrogen) atoms. The lowest BCUT2D eigenvalue weighted by molar-refractivity contribution is 0.419. The predicted molar refractivity (Wildman–Crippen MR) is 73.3 cm³/mol. The first kappa shape index (κ1) is 11.8. The van der Waals surface area contributed by atoms with E-state index in [1.165, 1.54) is 12.8 Å². The summed E-state index contributed by atoms with van der Waals surface area (Å²) >= 11 is 6.04. The van der Waals surface area contributed by atoms with E-state index in [2.05, 4.69) is 22.5 Å². The first-order valence-corrected chi connectivity index (χ1v) is 6.89. The van der Waals surface area contributed by atoms with Crippen molar-refractivity contribution in [2.45, 2.75) is 31.7 Å². The van der Waals surface area contributed by atoms with E-state index in [0.29, 0.717) is 11.9 Å². The lowest BCUT2D eigenvalue weighted by atomic mass is 10.2. The van der Waals surface area contributed by atoms with Gasteiger partial charge in [0.25, 0.3) is 0 Å². The number of imidazole rings is 1. The molecule has 0 N–H and O–H groups in total. The number of ether oxygens (including phenoxy) is 1. The number of hydrogen-bond donors (Lipinski definition) is 0. The van der Waals surface area contributed by atoms with Crippen molar-refractivity contribution in [3.8, 4) is 5.75 Å². The first-order valence-electron chi connectivity index (χ1n) is 6.36. The van der Waals surface area contributed by atoms with Gasteiger partial charge in [-0.1, -0.05) is 6.07 Å². The van der Waals surface area contributed by atoms with Crippen molar-refractivity contribution in [3.63, 3.8) is 0 Å². The maximum Gasteiger partial charge on any atom is 0.146 e. The molecule has 4 heteroatoms. The van der Waals surface area contributed by atoms with Gasteiger partial charge >= 0.3 is 0 Å². The number of nitrogens with zero attached hydrogens (tertiary/aromatic N) is 2. The van der Waals surface area contributed by atoms with Crippen molar-refractivity contribution in [2.75, 3.05) is 7.11 Å². The van der Waals surface area contributed by atoms with E-state index in [1.54, 1.807) is 7.11 Å². The van der Waals surface area contributed by atoms with E-state index in [-0.39, 0.29) is 0 Å². The standard InChI is InChI=1S/C14H17ClN2O/c1-9(10-6-7-10)17-11-4-3-5-12(18-2)14(11)16-13(17)8-15/h3-5,9-10H,6-8H2,1-2H3. The second-order valence-electron chi connectivity index (χ2n) is 4.94. The van der Waals surface area contributed by atoms with Crippen LogP contribution in [0.5, 0.6) is 5.75 Å². The summed E-state index contributed by atoms with van der Waals surface area (Å²) < 4.78 is 7.66. The minimum Gasteiger partial charge on any atom is -0.494 e. The van der Waals surface area contributed by atoms with Gasteiger partial charge in [0, 0.05) is 6.04 Å². The third-order valence-corrected chi connectivity index (χ3v) is 4.05. The fourth-order valence-corrected chi connectivity index (χ4v) is 2.83. The Hall–Kier alpha value is -1.22. The number of hydrogen-bond acceptors (Lipinski definition) is 2. The Labute approximate surface area is 112 Å². The van der Waals surface area contributed by atoms with E-state index >= 15 is 0 Å². The molecule has 1 atom stereocenters. The molecule has 96 valence electrons. The van der Waals surface area contributed by atoms with Gasteiger partial charge in [0.05, 0.1) is 18.5 Å². The van der Waals surface area contributed by atoms with Crippen LogP contribution in [0, 0.1) is 5.92 Å². The second kappa shape index (κ2) is 4.47. The number of para-hydroxylation sites is 1. The van der Waals surface area contributed by atoms with Crippen molar-refractivity contribution >= 4 is 22.6 Å². The molecule has 2 aromatic rings. The normalized spacial score (nSPS) is 17.1. The topological polar surface area (TPSA) is 27.1 Å². The summed E-state index contributed by atoms with van der Waals surface area (Å²) in [5.41, 5.74) is 2.05. The number of benzene rings is 1. The quantitative estimate of drug-likeness (QED) is 0.787. The average molecular weight is 265 g/mol. The van der Waals surface area contributed by atoms with Gasteiger partial charge in [-0.05, 0) is 37.8 Å². The third-order valence-electron chi connectivity index (χ3n) is 3.81. The van der Waals surface area contributed by atoms with Crippen molar-refractivity contribution in [1.82, 2.24) is 9.55 Å². The number of alkyl halides is 1. The Morgan fingerprint density at radius 3 is 2.89 bits per heavy atom. The van der Waals surface area contributed by atoms with Crippen LogP contribution in [-0.2, 0) is 5.88 Å². The molecule has 0 amide bonds. The summed E-state index contributed by atoms with van der Waals surface area (Å²) in [7, 11) is 1.68. The zero-order valence-corrected chi connectivity index (χ0v) is 11.4. The largest absolute Gasteiger partial charge is 0.494 e. The highest BCUT2D eigenvalue weighted by Gasteiger charge is 2.31. The molecule has 1 heterocycles. The zero-order chi connectivity index (χ0) is 12.7. The van der Waals surface area contributed by atoms with E-state index in [4.69, 9.17) is 16.3 Å². The molecule has 0 spiro atoms. The van der Waals surface area contributed by atoms with Gasteiger partial charge in [0.2, 0.25) is 0 Å². The van der Waals surface area contributed by atoms with Crippen LogP contribution in [0.25, 0.3) is 11.0 Å². The fourth-order valence-electron chi connectivity index (χ4n) is 2.64. The lowest BCUT2D eigenvalue weighted by Gasteiger charge is -2.16. The summed E-state index contributed by atoms with van der Waals surface area (Å²) in [5.74, 6) is 2.97. The molecule has 0 saturated heterocycles. The van der Waals surface area contributed by atoms with Gasteiger partial charge in [-0.3, -0.25) is 0 Å². The Kier molecular flexibility index (Phi) is 2.94. The van der Waals surface area contributed by atoms with E-state index in [0.717, 1.165) is 28.5 Å². The molecule has 3 rings (SSSR count). The summed E-state index contributed by atoms with van der Waals surface area (Å²) in [5, 5.41) is 0. The molecule has 0 aliphatic heterocycles. The average Bonchev–Trinajstić information content (AvgIpc) is 3.17. The summed E-state index contributed by atoms with van der Waals surface area (Å²) in [6.45, 7) is 2.26. The number of fused-ring (bicyclic) bond motifs is 1. The Morgan fingerprint density at radius 1 is 1.50 bits per heavy atom. The minimum atomic E-state index is 0.439.